The molecule has 0 aromatic carbocycles. The fourth-order valence-corrected chi connectivity index (χ4v) is 0. The van der Waals surface area contributed by atoms with Gasteiger partial charge < -0.3 is 0 Å². The fraction of sp³-hybridized carbons (Fsp3) is 0. The van der Waals surface area contributed by atoms with Crippen LogP contribution in [0.3, 0.4) is 0 Å². The standard InChI is InChI=1S/CH4N2OS.2BrH/c2-3-1(4)5;;/h2H2,(H2,3,4,5);2*1H. The summed E-state index contributed by atoms with van der Waals surface area (Å²) in [7, 11) is 0. The minimum Gasteiger partial charge on any atom is -0.285 e. The first-order valence-corrected chi connectivity index (χ1v) is 1.41. The van der Waals surface area contributed by atoms with E-state index in [1.807, 2.05) is 0 Å². The van der Waals surface area contributed by atoms with Gasteiger partial charge in [-0.2, -0.15) is 0 Å². The molecule has 0 radical (unpaired) electrons. The van der Waals surface area contributed by atoms with E-state index in [1.54, 1.807) is 5.43 Å². The largest absolute Gasteiger partial charge is 0.289 e. The summed E-state index contributed by atoms with van der Waals surface area (Å²) in [5, 5.41) is -0.523. The second-order valence-corrected chi connectivity index (χ2v) is 0.856. The van der Waals surface area contributed by atoms with Crippen LogP contribution in [0.2, 0.25) is 0 Å². The quantitative estimate of drug-likeness (QED) is 0.257. The number of thiol groups is 1. The van der Waals surface area contributed by atoms with Gasteiger partial charge in [0.2, 0.25) is 0 Å². The van der Waals surface area contributed by atoms with Gasteiger partial charge in [-0.3, -0.25) is 10.2 Å². The summed E-state index contributed by atoms with van der Waals surface area (Å²) in [5.74, 6) is 4.50. The Kier molecular flexibility index (Phi) is 22.1. The van der Waals surface area contributed by atoms with Crippen molar-refractivity contribution in [2.45, 2.75) is 0 Å². The average Bonchev–Trinajstić information content (AvgIpc) is 1.38. The highest BCUT2D eigenvalue weighted by Gasteiger charge is 1.74. The molecule has 0 unspecified atom stereocenters. The van der Waals surface area contributed by atoms with Gasteiger partial charge in [0.1, 0.15) is 0 Å². The summed E-state index contributed by atoms with van der Waals surface area (Å²) in [6.07, 6.45) is 0. The maximum Gasteiger partial charge on any atom is 0.289 e. The maximum atomic E-state index is 9.44. The van der Waals surface area contributed by atoms with Crippen LogP contribution in [0.25, 0.3) is 0 Å². The van der Waals surface area contributed by atoms with E-state index in [9.17, 15) is 4.79 Å². The summed E-state index contributed by atoms with van der Waals surface area (Å²) in [6, 6.07) is 0. The van der Waals surface area contributed by atoms with Crippen molar-refractivity contribution in [3.05, 3.63) is 0 Å². The molecule has 0 aromatic heterocycles. The van der Waals surface area contributed by atoms with Crippen LogP contribution in [-0.2, 0) is 0 Å². The van der Waals surface area contributed by atoms with E-state index >= 15 is 0 Å². The van der Waals surface area contributed by atoms with Crippen molar-refractivity contribution in [1.29, 1.82) is 0 Å². The number of hydrogen-bond donors (Lipinski definition) is 3. The van der Waals surface area contributed by atoms with Gasteiger partial charge >= 0.3 is 0 Å². The molecule has 3 nitrogen and oxygen atoms in total. The molecule has 0 aliphatic rings. The molecule has 0 rings (SSSR count). The predicted octanol–water partition coefficient (Wildman–Crippen LogP) is 0.655. The Bertz CT molecular complexity index is 51.0. The third kappa shape index (κ3) is 20.2. The third-order valence-electron chi connectivity index (χ3n) is 0.123. The molecule has 0 saturated heterocycles. The highest BCUT2D eigenvalue weighted by Crippen LogP contribution is 1.65. The Hall–Kier alpha value is 0.740. The SMILES string of the molecule is Br.Br.NNC(=O)S. The van der Waals surface area contributed by atoms with E-state index in [-0.39, 0.29) is 34.0 Å². The minimum absolute atomic E-state index is 0. The summed E-state index contributed by atoms with van der Waals surface area (Å²) >= 11 is 3.22. The lowest BCUT2D eigenvalue weighted by molar-refractivity contribution is 0.261. The van der Waals surface area contributed by atoms with Crippen molar-refractivity contribution in [1.82, 2.24) is 5.43 Å². The van der Waals surface area contributed by atoms with Gasteiger partial charge in [-0.25, -0.2) is 5.84 Å². The number of amides is 1. The molecule has 3 N–H and O–H groups in total. The second-order valence-electron chi connectivity index (χ2n) is 0.449. The van der Waals surface area contributed by atoms with Crippen LogP contribution in [-0.4, -0.2) is 5.24 Å². The summed E-state index contributed by atoms with van der Waals surface area (Å²) in [6.45, 7) is 0. The zero-order valence-electron chi connectivity index (χ0n) is 3.25. The highest BCUT2D eigenvalue weighted by atomic mass is 79.9. The lowest BCUT2D eigenvalue weighted by Gasteiger charge is -1.79. The van der Waals surface area contributed by atoms with Gasteiger partial charge in [-0.15, -0.1) is 34.0 Å². The molecule has 0 bridgehead atoms. The lowest BCUT2D eigenvalue weighted by Crippen LogP contribution is -2.23. The first-order chi connectivity index (χ1) is 2.27. The zero-order valence-corrected chi connectivity index (χ0v) is 7.57. The molecule has 0 aliphatic carbocycles. The van der Waals surface area contributed by atoms with Crippen molar-refractivity contribution >= 4 is 51.8 Å². The summed E-state index contributed by atoms with van der Waals surface area (Å²) in [5.41, 5.74) is 1.75. The maximum absolute atomic E-state index is 9.44. The Balaban J connectivity index is -0.0000000800. The Morgan fingerprint density at radius 2 is 1.71 bits per heavy atom. The van der Waals surface area contributed by atoms with Gasteiger partial charge in [0.05, 0.1) is 0 Å². The number of halogens is 2. The van der Waals surface area contributed by atoms with E-state index in [0.29, 0.717) is 0 Å². The summed E-state index contributed by atoms with van der Waals surface area (Å²) < 4.78 is 0. The van der Waals surface area contributed by atoms with Gasteiger partial charge in [0.15, 0.2) is 0 Å². The number of nitrogens with two attached hydrogens (primary N) is 1. The van der Waals surface area contributed by atoms with Crippen molar-refractivity contribution in [2.24, 2.45) is 5.84 Å². The van der Waals surface area contributed by atoms with Crippen molar-refractivity contribution in [2.75, 3.05) is 0 Å². The van der Waals surface area contributed by atoms with Gasteiger partial charge in [-0.1, -0.05) is 12.6 Å². The molecule has 0 fully saturated rings. The number of carbonyl (C=O) groups is 1. The Morgan fingerprint density at radius 3 is 1.71 bits per heavy atom. The number of carbonyl (C=O) groups excluding carboxylic acids is 1. The minimum atomic E-state index is -0.523. The zero-order chi connectivity index (χ0) is 4.28. The molecule has 0 spiro atoms. The monoisotopic (exact) mass is 252 g/mol. The van der Waals surface area contributed by atoms with E-state index in [1.165, 1.54) is 0 Å². The van der Waals surface area contributed by atoms with Gasteiger partial charge in [-0.05, 0) is 0 Å². The average molecular weight is 254 g/mol. The molecule has 0 aromatic rings. The normalized spacial score (nSPS) is 4.86. The molecular weight excluding hydrogens is 248 g/mol. The Labute approximate surface area is 67.9 Å². The van der Waals surface area contributed by atoms with Crippen LogP contribution in [0.15, 0.2) is 0 Å². The highest BCUT2D eigenvalue weighted by molar-refractivity contribution is 8.93. The van der Waals surface area contributed by atoms with E-state index in [4.69, 9.17) is 0 Å². The van der Waals surface area contributed by atoms with E-state index in [0.717, 1.165) is 0 Å². The second kappa shape index (κ2) is 9.88. The molecule has 46 valence electrons. The van der Waals surface area contributed by atoms with Crippen LogP contribution in [0.5, 0.6) is 0 Å². The molecule has 7 heavy (non-hydrogen) atoms. The van der Waals surface area contributed by atoms with Crippen LogP contribution in [0, 0.1) is 0 Å². The smallest absolute Gasteiger partial charge is 0.285 e. The van der Waals surface area contributed by atoms with Gasteiger partial charge in [0, 0.05) is 0 Å². The lowest BCUT2D eigenvalue weighted by atomic mass is 11.4. The van der Waals surface area contributed by atoms with Crippen LogP contribution >= 0.6 is 46.6 Å². The molecule has 0 atom stereocenters. The summed E-state index contributed by atoms with van der Waals surface area (Å²) in [4.78, 5) is 9.44. The number of nitrogens with one attached hydrogen (secondary N) is 1. The predicted molar refractivity (Wildman–Crippen MR) is 42.3 cm³/mol. The third-order valence-corrected chi connectivity index (χ3v) is 0.253. The van der Waals surface area contributed by atoms with Crippen LogP contribution < -0.4 is 11.3 Å². The molecule has 6 heteroatoms. The number of hydrogen-bond acceptors (Lipinski definition) is 2. The van der Waals surface area contributed by atoms with Crippen molar-refractivity contribution < 1.29 is 4.79 Å². The van der Waals surface area contributed by atoms with E-state index < -0.39 is 5.24 Å². The van der Waals surface area contributed by atoms with Crippen LogP contribution in [0.4, 0.5) is 4.79 Å². The first-order valence-electron chi connectivity index (χ1n) is 0.966. The number of rotatable bonds is 0. The first kappa shape index (κ1) is 15.6. The molecular formula is CH6Br2N2OS. The molecule has 0 heterocycles. The number of hydrazine groups is 1. The van der Waals surface area contributed by atoms with Gasteiger partial charge in [0.25, 0.3) is 5.24 Å². The Morgan fingerprint density at radius 1 is 1.57 bits per heavy atom. The molecule has 1 amide bonds. The van der Waals surface area contributed by atoms with Crippen molar-refractivity contribution in [3.8, 4) is 0 Å². The topological polar surface area (TPSA) is 55.1 Å². The molecule has 0 aliphatic heterocycles. The molecule has 0 saturated carbocycles. The van der Waals surface area contributed by atoms with Crippen molar-refractivity contribution in [3.63, 3.8) is 0 Å². The van der Waals surface area contributed by atoms with E-state index in [2.05, 4.69) is 18.5 Å². The van der Waals surface area contributed by atoms with Crippen LogP contribution in [0.1, 0.15) is 0 Å². The fourth-order valence-electron chi connectivity index (χ4n) is 0.